The second kappa shape index (κ2) is 12.8. The molecule has 2 fully saturated rings. The molecular formula is C25H44. The summed E-state index contributed by atoms with van der Waals surface area (Å²) in [6, 6.07) is 0. The van der Waals surface area contributed by atoms with Gasteiger partial charge in [-0.25, -0.2) is 0 Å². The van der Waals surface area contributed by atoms with Crippen LogP contribution in [-0.2, 0) is 0 Å². The van der Waals surface area contributed by atoms with E-state index < -0.39 is 0 Å². The molecule has 25 heavy (non-hydrogen) atoms. The second-order valence-electron chi connectivity index (χ2n) is 9.03. The summed E-state index contributed by atoms with van der Waals surface area (Å²) in [6.07, 6.45) is 30.2. The lowest BCUT2D eigenvalue weighted by Crippen LogP contribution is -2.14. The fraction of sp³-hybridized carbons (Fsp3) is 0.840. The minimum atomic E-state index is 0.900. The Morgan fingerprint density at radius 2 is 1.28 bits per heavy atom. The van der Waals surface area contributed by atoms with Gasteiger partial charge in [0.1, 0.15) is 0 Å². The van der Waals surface area contributed by atoms with Gasteiger partial charge in [-0.15, -0.1) is 6.58 Å². The topological polar surface area (TPSA) is 0 Å². The molecule has 2 aliphatic carbocycles. The van der Waals surface area contributed by atoms with Crippen LogP contribution >= 0.6 is 0 Å². The van der Waals surface area contributed by atoms with E-state index in [1.54, 1.807) is 0 Å². The minimum Gasteiger partial charge on any atom is -0.103 e. The summed E-state index contributed by atoms with van der Waals surface area (Å²) in [5.41, 5.74) is 0. The van der Waals surface area contributed by atoms with E-state index >= 15 is 0 Å². The quantitative estimate of drug-likeness (QED) is 0.260. The van der Waals surface area contributed by atoms with Crippen LogP contribution < -0.4 is 0 Å². The highest BCUT2D eigenvalue weighted by Gasteiger charge is 2.21. The molecule has 144 valence electrons. The summed E-state index contributed by atoms with van der Waals surface area (Å²) in [4.78, 5) is 0. The molecular weight excluding hydrogens is 300 g/mol. The summed E-state index contributed by atoms with van der Waals surface area (Å²) in [7, 11) is 0. The Hall–Kier alpha value is -0.520. The fourth-order valence-corrected chi connectivity index (χ4v) is 5.14. The Kier molecular flexibility index (Phi) is 10.6. The van der Waals surface area contributed by atoms with E-state index in [1.165, 1.54) is 103 Å². The fourth-order valence-electron chi connectivity index (χ4n) is 5.14. The molecule has 0 bridgehead atoms. The van der Waals surface area contributed by atoms with Crippen LogP contribution in [0.1, 0.15) is 110 Å². The molecule has 0 saturated heterocycles. The van der Waals surface area contributed by atoms with Crippen molar-refractivity contribution in [3.63, 3.8) is 0 Å². The van der Waals surface area contributed by atoms with E-state index in [2.05, 4.69) is 31.7 Å². The van der Waals surface area contributed by atoms with Crippen molar-refractivity contribution in [1.82, 2.24) is 0 Å². The molecule has 0 aliphatic heterocycles. The summed E-state index contributed by atoms with van der Waals surface area (Å²) >= 11 is 0. The molecule has 0 amide bonds. The van der Waals surface area contributed by atoms with Gasteiger partial charge >= 0.3 is 0 Å². The lowest BCUT2D eigenvalue weighted by molar-refractivity contribution is 0.255. The molecule has 0 aromatic carbocycles. The van der Waals surface area contributed by atoms with Gasteiger partial charge in [-0.3, -0.25) is 0 Å². The standard InChI is InChI=1S/C25H44/c1-3-5-7-11-23-18-20-25(21-19-23)13-9-8-12-24-16-14-22(15-17-24)10-6-4-2/h4,9,13,22-25H,2-3,5-8,10-12,14-21H2,1H3/t22-,23-,24-,25-. The molecule has 2 aliphatic rings. The van der Waals surface area contributed by atoms with Gasteiger partial charge < -0.3 is 0 Å². The highest BCUT2D eigenvalue weighted by Crippen LogP contribution is 2.35. The molecule has 0 heteroatoms. The molecule has 0 aromatic rings. The van der Waals surface area contributed by atoms with Crippen LogP contribution in [0.4, 0.5) is 0 Å². The third-order valence-corrected chi connectivity index (χ3v) is 7.00. The average Bonchev–Trinajstić information content (AvgIpc) is 2.66. The number of rotatable bonds is 11. The Morgan fingerprint density at radius 1 is 0.720 bits per heavy atom. The third kappa shape index (κ3) is 8.61. The zero-order valence-corrected chi connectivity index (χ0v) is 17.1. The Labute approximate surface area is 158 Å². The summed E-state index contributed by atoms with van der Waals surface area (Å²) in [5, 5.41) is 0. The molecule has 0 spiro atoms. The Balaban J connectivity index is 1.50. The van der Waals surface area contributed by atoms with E-state index in [4.69, 9.17) is 0 Å². The van der Waals surface area contributed by atoms with Gasteiger partial charge in [0.05, 0.1) is 0 Å². The van der Waals surface area contributed by atoms with Crippen LogP contribution in [0.5, 0.6) is 0 Å². The normalized spacial score (nSPS) is 30.6. The summed E-state index contributed by atoms with van der Waals surface area (Å²) < 4.78 is 0. The van der Waals surface area contributed by atoms with E-state index in [0.717, 1.165) is 23.7 Å². The smallest absolute Gasteiger partial charge is 0.0233 e. The van der Waals surface area contributed by atoms with Crippen molar-refractivity contribution in [2.24, 2.45) is 23.7 Å². The molecule has 2 rings (SSSR count). The SMILES string of the molecule is C=CCC[C@H]1CC[C@H](CCC=C[C@H]2CC[C@H](CCCCC)CC2)CC1. The van der Waals surface area contributed by atoms with Crippen LogP contribution in [0.15, 0.2) is 24.8 Å². The van der Waals surface area contributed by atoms with Crippen LogP contribution in [0.3, 0.4) is 0 Å². The van der Waals surface area contributed by atoms with Crippen molar-refractivity contribution in [2.75, 3.05) is 0 Å². The van der Waals surface area contributed by atoms with Crippen molar-refractivity contribution < 1.29 is 0 Å². The van der Waals surface area contributed by atoms with Crippen LogP contribution in [0, 0.1) is 23.7 Å². The lowest BCUT2D eigenvalue weighted by Gasteiger charge is -2.28. The largest absolute Gasteiger partial charge is 0.103 e. The van der Waals surface area contributed by atoms with Gasteiger partial charge in [0.25, 0.3) is 0 Å². The molecule has 0 atom stereocenters. The Morgan fingerprint density at radius 3 is 1.88 bits per heavy atom. The number of hydrogen-bond donors (Lipinski definition) is 0. The second-order valence-corrected chi connectivity index (χ2v) is 9.03. The van der Waals surface area contributed by atoms with Crippen LogP contribution in [0.25, 0.3) is 0 Å². The third-order valence-electron chi connectivity index (χ3n) is 7.00. The number of allylic oxidation sites excluding steroid dienone is 3. The number of hydrogen-bond acceptors (Lipinski definition) is 0. The van der Waals surface area contributed by atoms with E-state index in [-0.39, 0.29) is 0 Å². The predicted molar refractivity (Wildman–Crippen MR) is 113 cm³/mol. The van der Waals surface area contributed by atoms with Crippen LogP contribution in [-0.4, -0.2) is 0 Å². The molecule has 0 heterocycles. The molecule has 0 nitrogen and oxygen atoms in total. The first-order chi connectivity index (χ1) is 12.3. The van der Waals surface area contributed by atoms with Crippen molar-refractivity contribution in [3.8, 4) is 0 Å². The minimum absolute atomic E-state index is 0.900. The molecule has 0 unspecified atom stereocenters. The van der Waals surface area contributed by atoms with Gasteiger partial charge in [0, 0.05) is 0 Å². The maximum Gasteiger partial charge on any atom is -0.0233 e. The van der Waals surface area contributed by atoms with Gasteiger partial charge in [0.2, 0.25) is 0 Å². The Bertz CT molecular complexity index is 350. The van der Waals surface area contributed by atoms with Crippen molar-refractivity contribution in [1.29, 1.82) is 0 Å². The molecule has 0 radical (unpaired) electrons. The van der Waals surface area contributed by atoms with Crippen LogP contribution in [0.2, 0.25) is 0 Å². The first-order valence-corrected chi connectivity index (χ1v) is 11.6. The highest BCUT2D eigenvalue weighted by atomic mass is 14.3. The van der Waals surface area contributed by atoms with Gasteiger partial charge in [0.15, 0.2) is 0 Å². The first kappa shape index (κ1) is 20.8. The zero-order chi connectivity index (χ0) is 17.7. The molecule has 2 saturated carbocycles. The predicted octanol–water partition coefficient (Wildman–Crippen LogP) is 8.48. The average molecular weight is 345 g/mol. The van der Waals surface area contributed by atoms with E-state index in [1.807, 2.05) is 0 Å². The maximum atomic E-state index is 3.86. The molecule has 0 aromatic heterocycles. The van der Waals surface area contributed by atoms with Crippen molar-refractivity contribution in [3.05, 3.63) is 24.8 Å². The summed E-state index contributed by atoms with van der Waals surface area (Å²) in [5.74, 6) is 3.96. The van der Waals surface area contributed by atoms with E-state index in [9.17, 15) is 0 Å². The lowest BCUT2D eigenvalue weighted by atomic mass is 9.78. The van der Waals surface area contributed by atoms with E-state index in [0.29, 0.717) is 0 Å². The maximum absolute atomic E-state index is 3.86. The van der Waals surface area contributed by atoms with Crippen molar-refractivity contribution in [2.45, 2.75) is 110 Å². The zero-order valence-electron chi connectivity index (χ0n) is 17.1. The summed E-state index contributed by atoms with van der Waals surface area (Å²) in [6.45, 7) is 6.18. The molecule has 0 N–H and O–H groups in total. The first-order valence-electron chi connectivity index (χ1n) is 11.6. The number of unbranched alkanes of at least 4 members (excludes halogenated alkanes) is 2. The monoisotopic (exact) mass is 344 g/mol. The van der Waals surface area contributed by atoms with Gasteiger partial charge in [-0.2, -0.15) is 0 Å². The van der Waals surface area contributed by atoms with Crippen molar-refractivity contribution >= 4 is 0 Å². The van der Waals surface area contributed by atoms with Gasteiger partial charge in [-0.05, 0) is 75.0 Å². The highest BCUT2D eigenvalue weighted by molar-refractivity contribution is 4.91. The van der Waals surface area contributed by atoms with Gasteiger partial charge in [-0.1, -0.05) is 76.5 Å².